The molecule has 0 spiro atoms. The molecule has 1 amide bonds. The molecule has 0 saturated carbocycles. The van der Waals surface area contributed by atoms with Gasteiger partial charge in [-0.3, -0.25) is 4.79 Å². The second-order valence-corrected chi connectivity index (χ2v) is 4.64. The summed E-state index contributed by atoms with van der Waals surface area (Å²) < 4.78 is 18.7. The third kappa shape index (κ3) is 2.33. The summed E-state index contributed by atoms with van der Waals surface area (Å²) in [7, 11) is 1.59. The van der Waals surface area contributed by atoms with Crippen molar-refractivity contribution in [1.82, 2.24) is 4.90 Å². The third-order valence-corrected chi connectivity index (χ3v) is 3.34. The van der Waals surface area contributed by atoms with E-state index in [-0.39, 0.29) is 30.1 Å². The van der Waals surface area contributed by atoms with E-state index in [0.29, 0.717) is 16.5 Å². The van der Waals surface area contributed by atoms with Gasteiger partial charge in [0.05, 0.1) is 12.6 Å². The highest BCUT2D eigenvalue weighted by Gasteiger charge is 2.23. The van der Waals surface area contributed by atoms with Crippen molar-refractivity contribution < 1.29 is 18.7 Å². The summed E-state index contributed by atoms with van der Waals surface area (Å²) in [5, 5.41) is 9.66. The van der Waals surface area contributed by atoms with E-state index >= 15 is 0 Å². The number of halogens is 1. The van der Waals surface area contributed by atoms with E-state index in [1.165, 1.54) is 23.1 Å². The normalized spacial score (nSPS) is 12.7. The molecule has 0 fully saturated rings. The Bertz CT molecular complexity index is 620. The van der Waals surface area contributed by atoms with Crippen molar-refractivity contribution in [2.75, 3.05) is 13.7 Å². The highest BCUT2D eigenvalue weighted by molar-refractivity contribution is 5.98. The number of rotatable bonds is 3. The van der Waals surface area contributed by atoms with Crippen molar-refractivity contribution in [2.45, 2.75) is 19.9 Å². The maximum Gasteiger partial charge on any atom is 0.289 e. The van der Waals surface area contributed by atoms with Crippen LogP contribution in [0.25, 0.3) is 11.0 Å². The summed E-state index contributed by atoms with van der Waals surface area (Å²) in [4.78, 5) is 13.7. The number of carbonyl (C=O) groups excluding carboxylic acids is 1. The Labute approximate surface area is 110 Å². The number of nitrogens with zero attached hydrogens (tertiary/aromatic N) is 1. The van der Waals surface area contributed by atoms with Crippen molar-refractivity contribution in [2.24, 2.45) is 0 Å². The molecule has 1 unspecified atom stereocenters. The number of fused-ring (bicyclic) bond motifs is 1. The lowest BCUT2D eigenvalue weighted by molar-refractivity contribution is 0.0652. The molecule has 1 aromatic carbocycles. The molecular formula is C14H16FNO3. The minimum Gasteiger partial charge on any atom is -0.451 e. The zero-order valence-electron chi connectivity index (χ0n) is 11.1. The van der Waals surface area contributed by atoms with Gasteiger partial charge in [0.2, 0.25) is 0 Å². The maximum atomic E-state index is 13.2. The van der Waals surface area contributed by atoms with Gasteiger partial charge in [-0.1, -0.05) is 0 Å². The van der Waals surface area contributed by atoms with Gasteiger partial charge in [0.15, 0.2) is 5.76 Å². The van der Waals surface area contributed by atoms with Crippen LogP contribution in [0.15, 0.2) is 22.6 Å². The van der Waals surface area contributed by atoms with Gasteiger partial charge in [0.1, 0.15) is 11.4 Å². The number of aryl methyl sites for hydroxylation is 1. The van der Waals surface area contributed by atoms with Crippen LogP contribution < -0.4 is 0 Å². The Hall–Kier alpha value is -1.88. The molecule has 102 valence electrons. The molecule has 2 aromatic rings. The first-order valence-electron chi connectivity index (χ1n) is 6.02. The fourth-order valence-electron chi connectivity index (χ4n) is 1.88. The lowest BCUT2D eigenvalue weighted by Crippen LogP contribution is -2.37. The van der Waals surface area contributed by atoms with E-state index in [0.717, 1.165) is 0 Å². The monoisotopic (exact) mass is 265 g/mol. The molecule has 1 aromatic heterocycles. The first-order chi connectivity index (χ1) is 8.95. The van der Waals surface area contributed by atoms with Crippen molar-refractivity contribution in [3.63, 3.8) is 0 Å². The molecule has 19 heavy (non-hydrogen) atoms. The molecule has 0 aliphatic rings. The molecule has 0 bridgehead atoms. The molecule has 0 aliphatic heterocycles. The number of aliphatic hydroxyl groups excluding tert-OH is 1. The van der Waals surface area contributed by atoms with Crippen molar-refractivity contribution in [3.05, 3.63) is 35.3 Å². The highest BCUT2D eigenvalue weighted by atomic mass is 19.1. The van der Waals surface area contributed by atoms with Crippen molar-refractivity contribution in [3.8, 4) is 0 Å². The maximum absolute atomic E-state index is 13.2. The molecule has 1 N–H and O–H groups in total. The summed E-state index contributed by atoms with van der Waals surface area (Å²) in [5.41, 5.74) is 1.09. The van der Waals surface area contributed by atoms with E-state index in [4.69, 9.17) is 9.52 Å². The molecule has 2 rings (SSSR count). The number of furan rings is 1. The van der Waals surface area contributed by atoms with Gasteiger partial charge in [-0.2, -0.15) is 0 Å². The largest absolute Gasteiger partial charge is 0.451 e. The van der Waals surface area contributed by atoms with Crippen LogP contribution in [0.4, 0.5) is 4.39 Å². The first kappa shape index (κ1) is 13.5. The van der Waals surface area contributed by atoms with Crippen molar-refractivity contribution in [1.29, 1.82) is 0 Å². The summed E-state index contributed by atoms with van der Waals surface area (Å²) in [6.07, 6.45) is 0. The summed E-state index contributed by atoms with van der Waals surface area (Å²) in [5.74, 6) is -0.508. The Morgan fingerprint density at radius 2 is 2.21 bits per heavy atom. The lowest BCUT2D eigenvalue weighted by Gasteiger charge is -2.22. The van der Waals surface area contributed by atoms with E-state index in [2.05, 4.69) is 0 Å². The van der Waals surface area contributed by atoms with Gasteiger partial charge in [0.25, 0.3) is 5.91 Å². The standard InChI is InChI=1S/C14H16FNO3/c1-8(7-17)16(3)14(18)13-9(2)11-6-10(15)4-5-12(11)19-13/h4-6,8,17H,7H2,1-3H3. The van der Waals surface area contributed by atoms with Crippen LogP contribution in [-0.2, 0) is 0 Å². The van der Waals surface area contributed by atoms with E-state index in [1.807, 2.05) is 0 Å². The molecular weight excluding hydrogens is 249 g/mol. The fourth-order valence-corrected chi connectivity index (χ4v) is 1.88. The topological polar surface area (TPSA) is 53.7 Å². The van der Waals surface area contributed by atoms with Crippen LogP contribution in [0.3, 0.4) is 0 Å². The van der Waals surface area contributed by atoms with E-state index in [9.17, 15) is 9.18 Å². The molecule has 0 saturated heterocycles. The minimum atomic E-state index is -0.368. The number of benzene rings is 1. The molecule has 0 radical (unpaired) electrons. The zero-order chi connectivity index (χ0) is 14.2. The quantitative estimate of drug-likeness (QED) is 0.926. The number of carbonyl (C=O) groups is 1. The Balaban J connectivity index is 2.46. The Morgan fingerprint density at radius 1 is 1.53 bits per heavy atom. The predicted molar refractivity (Wildman–Crippen MR) is 69.6 cm³/mol. The minimum absolute atomic E-state index is 0.129. The highest BCUT2D eigenvalue weighted by Crippen LogP contribution is 2.27. The summed E-state index contributed by atoms with van der Waals surface area (Å²) in [6.45, 7) is 3.32. The van der Waals surface area contributed by atoms with Crippen LogP contribution in [0.2, 0.25) is 0 Å². The number of likely N-dealkylation sites (N-methyl/N-ethyl adjacent to an activating group) is 1. The van der Waals surface area contributed by atoms with E-state index < -0.39 is 0 Å². The number of hydrogen-bond acceptors (Lipinski definition) is 3. The predicted octanol–water partition coefficient (Wildman–Crippen LogP) is 2.33. The number of aliphatic hydroxyl groups is 1. The van der Waals surface area contributed by atoms with Gasteiger partial charge >= 0.3 is 0 Å². The number of hydrogen-bond donors (Lipinski definition) is 1. The third-order valence-electron chi connectivity index (χ3n) is 3.34. The van der Waals surface area contributed by atoms with Gasteiger partial charge in [-0.25, -0.2) is 4.39 Å². The first-order valence-corrected chi connectivity index (χ1v) is 6.02. The average Bonchev–Trinajstić information content (AvgIpc) is 2.73. The molecule has 1 atom stereocenters. The van der Waals surface area contributed by atoms with Crippen LogP contribution in [0, 0.1) is 12.7 Å². The Kier molecular flexibility index (Phi) is 3.57. The van der Waals surface area contributed by atoms with Gasteiger partial charge in [-0.05, 0) is 32.0 Å². The smallest absolute Gasteiger partial charge is 0.289 e. The SMILES string of the molecule is Cc1c(C(=O)N(C)C(C)CO)oc2ccc(F)cc12. The summed E-state index contributed by atoms with van der Waals surface area (Å²) in [6, 6.07) is 3.83. The van der Waals surface area contributed by atoms with Crippen molar-refractivity contribution >= 4 is 16.9 Å². The molecule has 5 heteroatoms. The molecule has 4 nitrogen and oxygen atoms in total. The van der Waals surface area contributed by atoms with Gasteiger partial charge in [0, 0.05) is 18.0 Å². The average molecular weight is 265 g/mol. The van der Waals surface area contributed by atoms with Gasteiger partial charge in [-0.15, -0.1) is 0 Å². The zero-order valence-corrected chi connectivity index (χ0v) is 11.1. The van der Waals surface area contributed by atoms with E-state index in [1.54, 1.807) is 20.9 Å². The molecule has 1 heterocycles. The van der Waals surface area contributed by atoms with Crippen LogP contribution in [0.1, 0.15) is 23.0 Å². The fraction of sp³-hybridized carbons (Fsp3) is 0.357. The Morgan fingerprint density at radius 3 is 2.84 bits per heavy atom. The van der Waals surface area contributed by atoms with Gasteiger partial charge < -0.3 is 14.4 Å². The summed E-state index contributed by atoms with van der Waals surface area (Å²) >= 11 is 0. The molecule has 0 aliphatic carbocycles. The van der Waals surface area contributed by atoms with Crippen LogP contribution in [-0.4, -0.2) is 35.6 Å². The van der Waals surface area contributed by atoms with Crippen LogP contribution >= 0.6 is 0 Å². The second kappa shape index (κ2) is 5.01. The lowest BCUT2D eigenvalue weighted by atomic mass is 10.1. The number of amides is 1. The second-order valence-electron chi connectivity index (χ2n) is 4.64. The van der Waals surface area contributed by atoms with Crippen LogP contribution in [0.5, 0.6) is 0 Å².